The number of carbonyl (C=O) groups excluding carboxylic acids is 1. The number of hydrogen-bond acceptors (Lipinski definition) is 1. The third kappa shape index (κ3) is 3.22. The van der Waals surface area contributed by atoms with Gasteiger partial charge in [0, 0.05) is 5.57 Å². The Balaban J connectivity index is 3.00. The first-order chi connectivity index (χ1) is 7.45. The van der Waals surface area contributed by atoms with Gasteiger partial charge in [-0.25, -0.2) is 0 Å². The minimum Gasteiger partial charge on any atom is -0.298 e. The molecule has 0 unspecified atom stereocenters. The predicted molar refractivity (Wildman–Crippen MR) is 55.7 cm³/mol. The van der Waals surface area contributed by atoms with Gasteiger partial charge in [-0.05, 0) is 5.56 Å². The molecule has 0 bridgehead atoms. The number of hydrogen-bond donors (Lipinski definition) is 0. The molecule has 0 aliphatic rings. The van der Waals surface area contributed by atoms with Crippen LogP contribution in [-0.4, -0.2) is 12.5 Å². The molecule has 1 atom stereocenters. The molecule has 0 spiro atoms. The lowest BCUT2D eigenvalue weighted by Crippen LogP contribution is -2.18. The van der Waals surface area contributed by atoms with Crippen LogP contribution < -0.4 is 0 Å². The second-order valence-corrected chi connectivity index (χ2v) is 3.44. The lowest BCUT2D eigenvalue weighted by atomic mass is 10.0. The van der Waals surface area contributed by atoms with Crippen LogP contribution in [0.2, 0.25) is 0 Å². The zero-order chi connectivity index (χ0) is 12.2. The number of allylic oxidation sites excluding steroid dienone is 2. The lowest BCUT2D eigenvalue weighted by Gasteiger charge is -2.12. The highest BCUT2D eigenvalue weighted by atomic mass is 19.4. The van der Waals surface area contributed by atoms with Crippen LogP contribution >= 0.6 is 0 Å². The number of aldehydes is 1. The summed E-state index contributed by atoms with van der Waals surface area (Å²) in [5.74, 6) is -1.63. The number of rotatable bonds is 3. The Morgan fingerprint density at radius 2 is 1.81 bits per heavy atom. The molecule has 86 valence electrons. The van der Waals surface area contributed by atoms with Crippen LogP contribution in [-0.2, 0) is 4.79 Å². The van der Waals surface area contributed by atoms with Gasteiger partial charge < -0.3 is 0 Å². The molecule has 0 fully saturated rings. The molecule has 0 aromatic heterocycles. The first-order valence-electron chi connectivity index (χ1n) is 4.74. The van der Waals surface area contributed by atoms with Gasteiger partial charge in [-0.3, -0.25) is 4.79 Å². The summed E-state index contributed by atoms with van der Waals surface area (Å²) in [5.41, 5.74) is 0.555. The molecule has 0 aliphatic carbocycles. The van der Waals surface area contributed by atoms with Gasteiger partial charge in [0.2, 0.25) is 0 Å². The Hall–Kier alpha value is -1.58. The Kier molecular flexibility index (Phi) is 3.88. The van der Waals surface area contributed by atoms with Crippen molar-refractivity contribution in [2.75, 3.05) is 0 Å². The maximum atomic E-state index is 12.3. The molecule has 0 heterocycles. The lowest BCUT2D eigenvalue weighted by molar-refractivity contribution is -0.156. The molecule has 0 saturated carbocycles. The third-order valence-corrected chi connectivity index (χ3v) is 2.18. The van der Waals surface area contributed by atoms with Crippen molar-refractivity contribution in [3.8, 4) is 0 Å². The van der Waals surface area contributed by atoms with Crippen LogP contribution in [0.3, 0.4) is 0 Å². The van der Waals surface area contributed by atoms with E-state index in [-0.39, 0.29) is 5.57 Å². The molecule has 4 heteroatoms. The van der Waals surface area contributed by atoms with E-state index in [2.05, 4.69) is 0 Å². The third-order valence-electron chi connectivity index (χ3n) is 2.18. The predicted octanol–water partition coefficient (Wildman–Crippen LogP) is 3.47. The molecule has 0 aliphatic heterocycles. The number of carbonyl (C=O) groups is 1. The molecular weight excluding hydrogens is 217 g/mol. The minimum atomic E-state index is -4.32. The van der Waals surface area contributed by atoms with Crippen molar-refractivity contribution < 1.29 is 18.0 Å². The molecule has 1 rings (SSSR count). The van der Waals surface area contributed by atoms with Crippen LogP contribution in [0, 0.1) is 5.92 Å². The van der Waals surface area contributed by atoms with Gasteiger partial charge >= 0.3 is 6.18 Å². The van der Waals surface area contributed by atoms with E-state index in [0.717, 1.165) is 13.0 Å². The van der Waals surface area contributed by atoms with Crippen molar-refractivity contribution in [2.45, 2.75) is 13.1 Å². The van der Waals surface area contributed by atoms with Gasteiger partial charge in [0.1, 0.15) is 6.29 Å². The van der Waals surface area contributed by atoms with Crippen molar-refractivity contribution >= 4 is 11.9 Å². The topological polar surface area (TPSA) is 17.1 Å². The quantitative estimate of drug-likeness (QED) is 0.572. The largest absolute Gasteiger partial charge is 0.394 e. The summed E-state index contributed by atoms with van der Waals surface area (Å²) in [7, 11) is 0. The van der Waals surface area contributed by atoms with Gasteiger partial charge in [-0.2, -0.15) is 13.2 Å². The van der Waals surface area contributed by atoms with E-state index in [1.54, 1.807) is 30.3 Å². The SMILES string of the molecule is C[C@@H](/C=C(/C=O)c1ccccc1)C(F)(F)F. The van der Waals surface area contributed by atoms with Gasteiger partial charge in [0.15, 0.2) is 0 Å². The van der Waals surface area contributed by atoms with E-state index in [1.165, 1.54) is 0 Å². The van der Waals surface area contributed by atoms with Crippen LogP contribution in [0.15, 0.2) is 36.4 Å². The molecule has 1 aromatic rings. The summed E-state index contributed by atoms with van der Waals surface area (Å²) >= 11 is 0. The van der Waals surface area contributed by atoms with Crippen LogP contribution in [0.5, 0.6) is 0 Å². The highest BCUT2D eigenvalue weighted by Gasteiger charge is 2.34. The van der Waals surface area contributed by atoms with Crippen molar-refractivity contribution in [1.29, 1.82) is 0 Å². The Bertz CT molecular complexity index is 379. The fourth-order valence-corrected chi connectivity index (χ4v) is 1.20. The van der Waals surface area contributed by atoms with Crippen molar-refractivity contribution in [3.63, 3.8) is 0 Å². The van der Waals surface area contributed by atoms with Crippen LogP contribution in [0.4, 0.5) is 13.2 Å². The maximum absolute atomic E-state index is 12.3. The highest BCUT2D eigenvalue weighted by Crippen LogP contribution is 2.28. The van der Waals surface area contributed by atoms with Crippen LogP contribution in [0.25, 0.3) is 5.57 Å². The standard InChI is InChI=1S/C12H11F3O/c1-9(12(13,14)15)7-11(8-16)10-5-3-2-4-6-10/h2-9H,1H3/b11-7-/t9-/m0/s1. The summed E-state index contributed by atoms with van der Waals surface area (Å²) < 4.78 is 36.9. The second kappa shape index (κ2) is 4.96. The Labute approximate surface area is 91.6 Å². The summed E-state index contributed by atoms with van der Waals surface area (Å²) in [6, 6.07) is 8.28. The molecule has 1 nitrogen and oxygen atoms in total. The summed E-state index contributed by atoms with van der Waals surface area (Å²) in [6.45, 7) is 1.02. The fourth-order valence-electron chi connectivity index (χ4n) is 1.20. The molecule has 0 radical (unpaired) electrons. The Morgan fingerprint density at radius 1 is 1.25 bits per heavy atom. The Morgan fingerprint density at radius 3 is 2.25 bits per heavy atom. The average Bonchev–Trinajstić information content (AvgIpc) is 2.25. The smallest absolute Gasteiger partial charge is 0.298 e. The van der Waals surface area contributed by atoms with E-state index in [0.29, 0.717) is 11.8 Å². The van der Waals surface area contributed by atoms with Gasteiger partial charge in [0.25, 0.3) is 0 Å². The van der Waals surface area contributed by atoms with E-state index >= 15 is 0 Å². The summed E-state index contributed by atoms with van der Waals surface area (Å²) in [4.78, 5) is 10.7. The van der Waals surface area contributed by atoms with Crippen LogP contribution in [0.1, 0.15) is 12.5 Å². The van der Waals surface area contributed by atoms with Crippen molar-refractivity contribution in [3.05, 3.63) is 42.0 Å². The zero-order valence-electron chi connectivity index (χ0n) is 8.66. The normalized spacial score (nSPS) is 14.6. The van der Waals surface area contributed by atoms with Crippen molar-refractivity contribution in [2.24, 2.45) is 5.92 Å². The first kappa shape index (κ1) is 12.5. The number of alkyl halides is 3. The van der Waals surface area contributed by atoms with Gasteiger partial charge in [0.05, 0.1) is 5.92 Å². The molecule has 1 aromatic carbocycles. The monoisotopic (exact) mass is 228 g/mol. The van der Waals surface area contributed by atoms with Gasteiger partial charge in [-0.15, -0.1) is 0 Å². The van der Waals surface area contributed by atoms with E-state index in [1.807, 2.05) is 0 Å². The average molecular weight is 228 g/mol. The molecule has 0 amide bonds. The highest BCUT2D eigenvalue weighted by molar-refractivity contribution is 6.06. The number of halogens is 3. The fraction of sp³-hybridized carbons (Fsp3) is 0.250. The maximum Gasteiger partial charge on any atom is 0.394 e. The molecular formula is C12H11F3O. The minimum absolute atomic E-state index is 0.0606. The van der Waals surface area contributed by atoms with E-state index < -0.39 is 12.1 Å². The number of benzene rings is 1. The van der Waals surface area contributed by atoms with Gasteiger partial charge in [-0.1, -0.05) is 43.3 Å². The van der Waals surface area contributed by atoms with E-state index in [9.17, 15) is 18.0 Å². The van der Waals surface area contributed by atoms with E-state index in [4.69, 9.17) is 0 Å². The summed E-state index contributed by atoms with van der Waals surface area (Å²) in [5, 5.41) is 0. The molecule has 0 N–H and O–H groups in total. The molecule has 16 heavy (non-hydrogen) atoms. The zero-order valence-corrected chi connectivity index (χ0v) is 8.66. The van der Waals surface area contributed by atoms with Crippen molar-refractivity contribution in [1.82, 2.24) is 0 Å². The summed E-state index contributed by atoms with van der Waals surface area (Å²) in [6.07, 6.45) is -2.94. The second-order valence-electron chi connectivity index (χ2n) is 3.44. The first-order valence-corrected chi connectivity index (χ1v) is 4.74. The molecule has 0 saturated heterocycles.